The predicted molar refractivity (Wildman–Crippen MR) is 75.3 cm³/mol. The molecule has 0 aliphatic rings. The Morgan fingerprint density at radius 1 is 1.43 bits per heavy atom. The molecule has 1 amide bonds. The van der Waals surface area contributed by atoms with Crippen molar-refractivity contribution >= 4 is 5.91 Å². The lowest BCUT2D eigenvalue weighted by atomic mass is 10.2. The number of rotatable bonds is 7. The van der Waals surface area contributed by atoms with Gasteiger partial charge in [-0.3, -0.25) is 9.78 Å². The number of hydrogen-bond acceptors (Lipinski definition) is 6. The Labute approximate surface area is 122 Å². The number of carbonyl (C=O) groups excluding carboxylic acids is 1. The van der Waals surface area contributed by atoms with Crippen molar-refractivity contribution in [3.8, 4) is 11.4 Å². The number of carbonyl (C=O) groups is 1. The third-order valence-corrected chi connectivity index (χ3v) is 2.80. The van der Waals surface area contributed by atoms with Crippen molar-refractivity contribution in [3.63, 3.8) is 0 Å². The van der Waals surface area contributed by atoms with E-state index in [-0.39, 0.29) is 11.9 Å². The molecule has 2 rings (SSSR count). The van der Waals surface area contributed by atoms with Gasteiger partial charge < -0.3 is 14.6 Å². The monoisotopic (exact) mass is 290 g/mol. The van der Waals surface area contributed by atoms with Gasteiger partial charge in [0.05, 0.1) is 6.61 Å². The van der Waals surface area contributed by atoms with Gasteiger partial charge in [-0.25, -0.2) is 0 Å². The van der Waals surface area contributed by atoms with Crippen molar-refractivity contribution < 1.29 is 14.1 Å². The lowest BCUT2D eigenvalue weighted by Gasteiger charge is -2.11. The average molecular weight is 290 g/mol. The molecule has 0 aliphatic carbocycles. The van der Waals surface area contributed by atoms with E-state index in [0.29, 0.717) is 31.2 Å². The number of ether oxygens (including phenoxy) is 1. The minimum atomic E-state index is -0.0665. The highest BCUT2D eigenvalue weighted by molar-refractivity contribution is 5.76. The third kappa shape index (κ3) is 4.64. The summed E-state index contributed by atoms with van der Waals surface area (Å²) in [6.07, 6.45) is 4.03. The summed E-state index contributed by atoms with van der Waals surface area (Å²) in [4.78, 5) is 19.9. The Balaban J connectivity index is 1.84. The van der Waals surface area contributed by atoms with Crippen LogP contribution in [0.4, 0.5) is 0 Å². The predicted octanol–water partition coefficient (Wildman–Crippen LogP) is 1.22. The van der Waals surface area contributed by atoms with E-state index >= 15 is 0 Å². The van der Waals surface area contributed by atoms with Gasteiger partial charge in [-0.05, 0) is 19.1 Å². The van der Waals surface area contributed by atoms with Gasteiger partial charge >= 0.3 is 0 Å². The fourth-order valence-electron chi connectivity index (χ4n) is 1.83. The Kier molecular flexibility index (Phi) is 5.39. The Morgan fingerprint density at radius 3 is 2.90 bits per heavy atom. The molecule has 0 aromatic carbocycles. The minimum absolute atomic E-state index is 0.0161. The molecule has 2 aromatic rings. The number of aromatic nitrogens is 3. The number of pyridine rings is 1. The molecular weight excluding hydrogens is 272 g/mol. The highest BCUT2D eigenvalue weighted by Crippen LogP contribution is 2.14. The van der Waals surface area contributed by atoms with Crippen molar-refractivity contribution in [2.75, 3.05) is 13.7 Å². The SMILES string of the molecule is COCC(C)NC(=O)CCc1nc(-c2ccncc2)no1. The molecule has 1 atom stereocenters. The van der Waals surface area contributed by atoms with Gasteiger partial charge in [0, 0.05) is 44.0 Å². The molecule has 0 bridgehead atoms. The topological polar surface area (TPSA) is 90.1 Å². The van der Waals surface area contributed by atoms with Crippen LogP contribution in [0.3, 0.4) is 0 Å². The molecule has 0 fully saturated rings. The van der Waals surface area contributed by atoms with Crippen LogP contribution in [0.15, 0.2) is 29.0 Å². The summed E-state index contributed by atoms with van der Waals surface area (Å²) in [7, 11) is 1.60. The van der Waals surface area contributed by atoms with Crippen LogP contribution in [0.2, 0.25) is 0 Å². The lowest BCUT2D eigenvalue weighted by Crippen LogP contribution is -2.35. The second-order valence-electron chi connectivity index (χ2n) is 4.67. The van der Waals surface area contributed by atoms with E-state index in [1.807, 2.05) is 6.92 Å². The van der Waals surface area contributed by atoms with Crippen molar-refractivity contribution in [1.82, 2.24) is 20.4 Å². The van der Waals surface area contributed by atoms with E-state index in [1.165, 1.54) is 0 Å². The maximum absolute atomic E-state index is 11.7. The molecule has 0 saturated carbocycles. The van der Waals surface area contributed by atoms with Gasteiger partial charge in [0.15, 0.2) is 0 Å². The van der Waals surface area contributed by atoms with Crippen LogP contribution in [0.5, 0.6) is 0 Å². The van der Waals surface area contributed by atoms with E-state index in [2.05, 4.69) is 20.4 Å². The van der Waals surface area contributed by atoms with Crippen molar-refractivity contribution in [3.05, 3.63) is 30.4 Å². The summed E-state index contributed by atoms with van der Waals surface area (Å²) in [6.45, 7) is 2.37. The zero-order valence-corrected chi connectivity index (χ0v) is 12.1. The van der Waals surface area contributed by atoms with E-state index in [4.69, 9.17) is 9.26 Å². The van der Waals surface area contributed by atoms with Crippen LogP contribution >= 0.6 is 0 Å². The number of methoxy groups -OCH3 is 1. The fraction of sp³-hybridized carbons (Fsp3) is 0.429. The van der Waals surface area contributed by atoms with Crippen LogP contribution in [0.1, 0.15) is 19.2 Å². The number of nitrogens with one attached hydrogen (secondary N) is 1. The summed E-state index contributed by atoms with van der Waals surface area (Å²) in [5.41, 5.74) is 0.832. The zero-order chi connectivity index (χ0) is 15.1. The summed E-state index contributed by atoms with van der Waals surface area (Å²) in [5, 5.41) is 6.72. The first-order valence-corrected chi connectivity index (χ1v) is 6.70. The van der Waals surface area contributed by atoms with Crippen LogP contribution in [0.25, 0.3) is 11.4 Å². The van der Waals surface area contributed by atoms with Crippen LogP contribution in [-0.4, -0.2) is 40.8 Å². The van der Waals surface area contributed by atoms with E-state index in [0.717, 1.165) is 5.56 Å². The molecular formula is C14H18N4O3. The number of hydrogen-bond donors (Lipinski definition) is 1. The highest BCUT2D eigenvalue weighted by atomic mass is 16.5. The van der Waals surface area contributed by atoms with Crippen molar-refractivity contribution in [2.24, 2.45) is 0 Å². The number of aryl methyl sites for hydroxylation is 1. The largest absolute Gasteiger partial charge is 0.383 e. The summed E-state index contributed by atoms with van der Waals surface area (Å²) < 4.78 is 10.1. The Hall–Kier alpha value is -2.28. The molecule has 1 N–H and O–H groups in total. The molecule has 0 spiro atoms. The number of nitrogens with zero attached hydrogens (tertiary/aromatic N) is 3. The fourth-order valence-corrected chi connectivity index (χ4v) is 1.83. The van der Waals surface area contributed by atoms with Gasteiger partial charge in [-0.2, -0.15) is 4.98 Å². The van der Waals surface area contributed by atoms with Crippen LogP contribution in [0, 0.1) is 0 Å². The first-order valence-electron chi connectivity index (χ1n) is 6.70. The van der Waals surface area contributed by atoms with Gasteiger partial charge in [0.2, 0.25) is 17.6 Å². The normalized spacial score (nSPS) is 12.1. The first kappa shape index (κ1) is 15.1. The molecule has 0 aliphatic heterocycles. The molecule has 0 saturated heterocycles. The standard InChI is InChI=1S/C14H18N4O3/c1-10(9-20-2)16-12(19)3-4-13-17-14(18-21-13)11-5-7-15-8-6-11/h5-8,10H,3-4,9H2,1-2H3,(H,16,19). The third-order valence-electron chi connectivity index (χ3n) is 2.80. The summed E-state index contributed by atoms with van der Waals surface area (Å²) in [6, 6.07) is 3.58. The van der Waals surface area contributed by atoms with E-state index in [9.17, 15) is 4.79 Å². The molecule has 112 valence electrons. The highest BCUT2D eigenvalue weighted by Gasteiger charge is 2.12. The molecule has 2 heterocycles. The summed E-state index contributed by atoms with van der Waals surface area (Å²) >= 11 is 0. The molecule has 7 nitrogen and oxygen atoms in total. The first-order chi connectivity index (χ1) is 10.2. The van der Waals surface area contributed by atoms with Gasteiger partial charge in [0.1, 0.15) is 0 Å². The second-order valence-corrected chi connectivity index (χ2v) is 4.67. The lowest BCUT2D eigenvalue weighted by molar-refractivity contribution is -0.122. The maximum atomic E-state index is 11.7. The number of amides is 1. The molecule has 2 aromatic heterocycles. The minimum Gasteiger partial charge on any atom is -0.383 e. The molecule has 7 heteroatoms. The smallest absolute Gasteiger partial charge is 0.227 e. The van der Waals surface area contributed by atoms with Crippen molar-refractivity contribution in [2.45, 2.75) is 25.8 Å². The molecule has 1 unspecified atom stereocenters. The van der Waals surface area contributed by atoms with Crippen molar-refractivity contribution in [1.29, 1.82) is 0 Å². The van der Waals surface area contributed by atoms with Gasteiger partial charge in [-0.1, -0.05) is 5.16 Å². The average Bonchev–Trinajstić information content (AvgIpc) is 2.95. The zero-order valence-electron chi connectivity index (χ0n) is 12.1. The second kappa shape index (κ2) is 7.49. The van der Waals surface area contributed by atoms with Crippen LogP contribution < -0.4 is 5.32 Å². The maximum Gasteiger partial charge on any atom is 0.227 e. The van der Waals surface area contributed by atoms with E-state index < -0.39 is 0 Å². The molecule has 21 heavy (non-hydrogen) atoms. The quantitative estimate of drug-likeness (QED) is 0.824. The van der Waals surface area contributed by atoms with Crippen LogP contribution in [-0.2, 0) is 16.0 Å². The summed E-state index contributed by atoms with van der Waals surface area (Å²) in [5.74, 6) is 0.875. The molecule has 0 radical (unpaired) electrons. The van der Waals surface area contributed by atoms with Gasteiger partial charge in [0.25, 0.3) is 0 Å². The van der Waals surface area contributed by atoms with E-state index in [1.54, 1.807) is 31.6 Å². The Bertz CT molecular complexity index is 571. The Morgan fingerprint density at radius 2 is 2.19 bits per heavy atom. The van der Waals surface area contributed by atoms with Gasteiger partial charge in [-0.15, -0.1) is 0 Å².